The van der Waals surface area contributed by atoms with E-state index in [1.54, 1.807) is 7.11 Å². The standard InChI is InChI=1S/C14H22O3/c1-4-13(15)12-7-5-6-8-14(12)17-11(2)9-10-16-3/h5-8,11,13,15H,4,9-10H2,1-3H3/t11?,13-/m0/s1. The third-order valence-electron chi connectivity index (χ3n) is 2.72. The largest absolute Gasteiger partial charge is 0.490 e. The van der Waals surface area contributed by atoms with Crippen LogP contribution in [0.1, 0.15) is 38.4 Å². The van der Waals surface area contributed by atoms with Gasteiger partial charge in [0.05, 0.1) is 12.2 Å². The van der Waals surface area contributed by atoms with E-state index in [0.29, 0.717) is 13.0 Å². The van der Waals surface area contributed by atoms with E-state index in [4.69, 9.17) is 9.47 Å². The van der Waals surface area contributed by atoms with E-state index in [-0.39, 0.29) is 6.10 Å². The summed E-state index contributed by atoms with van der Waals surface area (Å²) in [6.45, 7) is 4.64. The van der Waals surface area contributed by atoms with Crippen LogP contribution in [0.2, 0.25) is 0 Å². The van der Waals surface area contributed by atoms with Crippen molar-refractivity contribution in [1.29, 1.82) is 0 Å². The highest BCUT2D eigenvalue weighted by Crippen LogP contribution is 2.27. The second-order valence-corrected chi connectivity index (χ2v) is 4.17. The molecule has 0 spiro atoms. The van der Waals surface area contributed by atoms with Crippen molar-refractivity contribution in [1.82, 2.24) is 0 Å². The Morgan fingerprint density at radius 2 is 2.00 bits per heavy atom. The Balaban J connectivity index is 2.69. The molecule has 1 N–H and O–H groups in total. The van der Waals surface area contributed by atoms with E-state index >= 15 is 0 Å². The van der Waals surface area contributed by atoms with Crippen LogP contribution in [0.4, 0.5) is 0 Å². The molecule has 0 bridgehead atoms. The lowest BCUT2D eigenvalue weighted by Crippen LogP contribution is -2.15. The van der Waals surface area contributed by atoms with Crippen LogP contribution in [-0.2, 0) is 4.74 Å². The van der Waals surface area contributed by atoms with Gasteiger partial charge in [-0.2, -0.15) is 0 Å². The zero-order chi connectivity index (χ0) is 12.7. The molecule has 1 unspecified atom stereocenters. The maximum atomic E-state index is 9.89. The van der Waals surface area contributed by atoms with Gasteiger partial charge in [0, 0.05) is 25.7 Å². The Bertz CT molecular complexity index is 325. The molecule has 0 aliphatic carbocycles. The van der Waals surface area contributed by atoms with Gasteiger partial charge < -0.3 is 14.6 Å². The molecule has 1 aromatic carbocycles. The van der Waals surface area contributed by atoms with Crippen LogP contribution in [0.3, 0.4) is 0 Å². The molecule has 0 fully saturated rings. The number of para-hydroxylation sites is 1. The Morgan fingerprint density at radius 3 is 2.65 bits per heavy atom. The van der Waals surface area contributed by atoms with Crippen LogP contribution in [0, 0.1) is 0 Å². The highest BCUT2D eigenvalue weighted by molar-refractivity contribution is 5.35. The molecule has 17 heavy (non-hydrogen) atoms. The van der Waals surface area contributed by atoms with E-state index in [0.717, 1.165) is 17.7 Å². The fraction of sp³-hybridized carbons (Fsp3) is 0.571. The highest BCUT2D eigenvalue weighted by atomic mass is 16.5. The molecule has 2 atom stereocenters. The fourth-order valence-electron chi connectivity index (χ4n) is 1.64. The average Bonchev–Trinajstić information content (AvgIpc) is 2.36. The van der Waals surface area contributed by atoms with Crippen LogP contribution in [0.5, 0.6) is 5.75 Å². The number of methoxy groups -OCH3 is 1. The summed E-state index contributed by atoms with van der Waals surface area (Å²) in [6.07, 6.45) is 1.15. The summed E-state index contributed by atoms with van der Waals surface area (Å²) in [5.41, 5.74) is 0.860. The number of ether oxygens (including phenoxy) is 2. The molecule has 3 nitrogen and oxygen atoms in total. The molecule has 0 radical (unpaired) electrons. The summed E-state index contributed by atoms with van der Waals surface area (Å²) in [7, 11) is 1.68. The lowest BCUT2D eigenvalue weighted by atomic mass is 10.1. The minimum Gasteiger partial charge on any atom is -0.490 e. The van der Waals surface area contributed by atoms with Crippen molar-refractivity contribution in [2.45, 2.75) is 38.9 Å². The minimum absolute atomic E-state index is 0.0835. The average molecular weight is 238 g/mol. The summed E-state index contributed by atoms with van der Waals surface area (Å²) in [4.78, 5) is 0. The molecule has 0 saturated carbocycles. The van der Waals surface area contributed by atoms with E-state index in [1.807, 2.05) is 38.1 Å². The number of hydrogen-bond donors (Lipinski definition) is 1. The van der Waals surface area contributed by atoms with Crippen molar-refractivity contribution in [2.24, 2.45) is 0 Å². The first kappa shape index (κ1) is 14.0. The number of rotatable bonds is 7. The van der Waals surface area contributed by atoms with Crippen LogP contribution >= 0.6 is 0 Å². The third kappa shape index (κ3) is 4.36. The third-order valence-corrected chi connectivity index (χ3v) is 2.72. The van der Waals surface area contributed by atoms with Crippen LogP contribution in [0.25, 0.3) is 0 Å². The molecular weight excluding hydrogens is 216 g/mol. The first-order valence-corrected chi connectivity index (χ1v) is 6.11. The minimum atomic E-state index is -0.458. The van der Waals surface area contributed by atoms with Gasteiger partial charge in [-0.25, -0.2) is 0 Å². The van der Waals surface area contributed by atoms with Crippen LogP contribution in [-0.4, -0.2) is 24.9 Å². The van der Waals surface area contributed by atoms with Crippen molar-refractivity contribution < 1.29 is 14.6 Å². The molecule has 0 aliphatic rings. The summed E-state index contributed by atoms with van der Waals surface area (Å²) in [5.74, 6) is 0.769. The Hall–Kier alpha value is -1.06. The van der Waals surface area contributed by atoms with Crippen molar-refractivity contribution in [3.63, 3.8) is 0 Å². The number of aliphatic hydroxyl groups excluding tert-OH is 1. The van der Waals surface area contributed by atoms with Gasteiger partial charge in [0.2, 0.25) is 0 Å². The molecule has 0 aromatic heterocycles. The zero-order valence-electron chi connectivity index (χ0n) is 10.8. The van der Waals surface area contributed by atoms with Gasteiger partial charge in [0.15, 0.2) is 0 Å². The van der Waals surface area contributed by atoms with Crippen molar-refractivity contribution in [3.05, 3.63) is 29.8 Å². The number of aliphatic hydroxyl groups is 1. The lowest BCUT2D eigenvalue weighted by molar-refractivity contribution is 0.127. The van der Waals surface area contributed by atoms with Crippen molar-refractivity contribution in [2.75, 3.05) is 13.7 Å². The van der Waals surface area contributed by atoms with Gasteiger partial charge in [-0.15, -0.1) is 0 Å². The number of hydrogen-bond acceptors (Lipinski definition) is 3. The maximum absolute atomic E-state index is 9.89. The predicted molar refractivity (Wildman–Crippen MR) is 68.3 cm³/mol. The molecule has 1 rings (SSSR count). The fourth-order valence-corrected chi connectivity index (χ4v) is 1.64. The van der Waals surface area contributed by atoms with Crippen molar-refractivity contribution in [3.8, 4) is 5.75 Å². The SMILES string of the molecule is CC[C@H](O)c1ccccc1OC(C)CCOC. The molecule has 0 saturated heterocycles. The molecule has 0 aliphatic heterocycles. The normalized spacial score (nSPS) is 14.4. The van der Waals surface area contributed by atoms with Gasteiger partial charge in [-0.3, -0.25) is 0 Å². The quantitative estimate of drug-likeness (QED) is 0.793. The Labute approximate surface area is 103 Å². The Kier molecular flexibility index (Phi) is 6.01. The molecule has 1 aromatic rings. The highest BCUT2D eigenvalue weighted by Gasteiger charge is 2.13. The lowest BCUT2D eigenvalue weighted by Gasteiger charge is -2.19. The van der Waals surface area contributed by atoms with E-state index in [1.165, 1.54) is 0 Å². The van der Waals surface area contributed by atoms with E-state index in [2.05, 4.69) is 0 Å². The van der Waals surface area contributed by atoms with Crippen LogP contribution in [0.15, 0.2) is 24.3 Å². The summed E-state index contributed by atoms with van der Waals surface area (Å²) < 4.78 is 10.9. The van der Waals surface area contributed by atoms with E-state index < -0.39 is 6.10 Å². The molecule has 3 heteroatoms. The summed E-state index contributed by atoms with van der Waals surface area (Å²) in [6, 6.07) is 7.65. The maximum Gasteiger partial charge on any atom is 0.125 e. The monoisotopic (exact) mass is 238 g/mol. The van der Waals surface area contributed by atoms with Gasteiger partial charge in [0.25, 0.3) is 0 Å². The predicted octanol–water partition coefficient (Wildman–Crippen LogP) is 2.93. The van der Waals surface area contributed by atoms with Crippen molar-refractivity contribution >= 4 is 0 Å². The second kappa shape index (κ2) is 7.30. The van der Waals surface area contributed by atoms with Gasteiger partial charge in [-0.05, 0) is 19.4 Å². The summed E-state index contributed by atoms with van der Waals surface area (Å²) in [5, 5.41) is 9.89. The summed E-state index contributed by atoms with van der Waals surface area (Å²) >= 11 is 0. The molecule has 0 amide bonds. The zero-order valence-corrected chi connectivity index (χ0v) is 10.8. The van der Waals surface area contributed by atoms with Gasteiger partial charge >= 0.3 is 0 Å². The number of benzene rings is 1. The molecule has 0 heterocycles. The molecular formula is C14H22O3. The first-order valence-electron chi connectivity index (χ1n) is 6.11. The van der Waals surface area contributed by atoms with Gasteiger partial charge in [0.1, 0.15) is 5.75 Å². The smallest absolute Gasteiger partial charge is 0.125 e. The topological polar surface area (TPSA) is 38.7 Å². The first-order chi connectivity index (χ1) is 8.19. The van der Waals surface area contributed by atoms with Gasteiger partial charge in [-0.1, -0.05) is 25.1 Å². The Morgan fingerprint density at radius 1 is 1.29 bits per heavy atom. The second-order valence-electron chi connectivity index (χ2n) is 4.17. The van der Waals surface area contributed by atoms with Crippen LogP contribution < -0.4 is 4.74 Å². The van der Waals surface area contributed by atoms with E-state index in [9.17, 15) is 5.11 Å². The molecule has 96 valence electrons.